The molecule has 0 fully saturated rings. The van der Waals surface area contributed by atoms with Crippen LogP contribution in [-0.2, 0) is 0 Å². The molecule has 0 heterocycles. The van der Waals surface area contributed by atoms with Gasteiger partial charge in [-0.25, -0.2) is 0 Å². The molecule has 0 amide bonds. The van der Waals surface area contributed by atoms with Crippen molar-refractivity contribution in [1.29, 1.82) is 0 Å². The number of hydrogen-bond donors (Lipinski definition) is 1. The van der Waals surface area contributed by atoms with E-state index < -0.39 is 0 Å². The maximum absolute atomic E-state index is 9.58. The molecule has 0 radical (unpaired) electrons. The van der Waals surface area contributed by atoms with Crippen molar-refractivity contribution < 1.29 is 5.11 Å². The first-order chi connectivity index (χ1) is 8.16. The Labute approximate surface area is 104 Å². The molecule has 92 valence electrons. The van der Waals surface area contributed by atoms with Crippen LogP contribution in [0.2, 0.25) is 0 Å². The van der Waals surface area contributed by atoms with Crippen LogP contribution in [0.4, 0.5) is 0 Å². The van der Waals surface area contributed by atoms with Crippen LogP contribution >= 0.6 is 0 Å². The molecule has 0 bridgehead atoms. The fourth-order valence-electron chi connectivity index (χ4n) is 2.57. The minimum atomic E-state index is 0.366. The summed E-state index contributed by atoms with van der Waals surface area (Å²) in [6, 6.07) is 7.66. The van der Waals surface area contributed by atoms with E-state index in [9.17, 15) is 5.11 Å². The lowest BCUT2D eigenvalue weighted by atomic mass is 9.87. The molecule has 0 saturated heterocycles. The summed E-state index contributed by atoms with van der Waals surface area (Å²) in [5.74, 6) is 0.366. The van der Waals surface area contributed by atoms with E-state index in [2.05, 4.69) is 25.1 Å². The van der Waals surface area contributed by atoms with E-state index >= 15 is 0 Å². The van der Waals surface area contributed by atoms with Crippen molar-refractivity contribution in [3.05, 3.63) is 35.4 Å². The average molecular weight is 231 g/mol. The van der Waals surface area contributed by atoms with Crippen molar-refractivity contribution in [3.63, 3.8) is 0 Å². The van der Waals surface area contributed by atoms with E-state index in [-0.39, 0.29) is 0 Å². The normalized spacial score (nSPS) is 16.6. The van der Waals surface area contributed by atoms with E-state index in [0.29, 0.717) is 5.75 Å². The third-order valence-corrected chi connectivity index (χ3v) is 3.28. The molecule has 0 aliphatic heterocycles. The van der Waals surface area contributed by atoms with Crippen molar-refractivity contribution >= 4 is 5.57 Å². The second-order valence-corrected chi connectivity index (χ2v) is 5.08. The van der Waals surface area contributed by atoms with Gasteiger partial charge in [-0.2, -0.15) is 0 Å². The molecule has 0 spiro atoms. The first kappa shape index (κ1) is 12.2. The van der Waals surface area contributed by atoms with Crippen molar-refractivity contribution in [2.24, 2.45) is 0 Å². The maximum Gasteiger partial charge on any atom is 0.116 e. The molecule has 1 N–H and O–H groups in total. The second-order valence-electron chi connectivity index (χ2n) is 5.08. The topological polar surface area (TPSA) is 23.5 Å². The Bertz CT molecular complexity index is 421. The van der Waals surface area contributed by atoms with Crippen LogP contribution in [0.25, 0.3) is 5.57 Å². The average Bonchev–Trinajstić information content (AvgIpc) is 2.29. The largest absolute Gasteiger partial charge is 0.508 e. The van der Waals surface area contributed by atoms with Gasteiger partial charge in [0.2, 0.25) is 0 Å². The maximum atomic E-state index is 9.58. The summed E-state index contributed by atoms with van der Waals surface area (Å²) in [6.07, 6.45) is 4.91. The summed E-state index contributed by atoms with van der Waals surface area (Å²) in [5, 5.41) is 9.58. The monoisotopic (exact) mass is 231 g/mol. The Morgan fingerprint density at radius 2 is 1.94 bits per heavy atom. The number of benzene rings is 1. The summed E-state index contributed by atoms with van der Waals surface area (Å²) in [4.78, 5) is 2.23. The molecule has 2 nitrogen and oxygen atoms in total. The number of likely N-dealkylation sites (N-methyl/N-ethyl adjacent to an activating group) is 1. The molecule has 0 unspecified atom stereocenters. The molecule has 0 saturated carbocycles. The lowest BCUT2D eigenvalue weighted by molar-refractivity contribution is 0.434. The van der Waals surface area contributed by atoms with Crippen molar-refractivity contribution in [2.45, 2.75) is 25.7 Å². The quantitative estimate of drug-likeness (QED) is 0.863. The molecular weight excluding hydrogens is 210 g/mol. The zero-order chi connectivity index (χ0) is 12.3. The molecule has 1 aliphatic rings. The van der Waals surface area contributed by atoms with E-state index in [1.54, 1.807) is 6.07 Å². The van der Waals surface area contributed by atoms with Gasteiger partial charge in [0.1, 0.15) is 5.75 Å². The van der Waals surface area contributed by atoms with Crippen LogP contribution in [0.1, 0.15) is 31.2 Å². The Morgan fingerprint density at radius 3 is 2.65 bits per heavy atom. The summed E-state index contributed by atoms with van der Waals surface area (Å²) >= 11 is 0. The van der Waals surface area contributed by atoms with Crippen LogP contribution in [0.15, 0.2) is 29.8 Å². The van der Waals surface area contributed by atoms with E-state index in [4.69, 9.17) is 0 Å². The van der Waals surface area contributed by atoms with Crippen LogP contribution in [-0.4, -0.2) is 30.6 Å². The number of phenols is 1. The fourth-order valence-corrected chi connectivity index (χ4v) is 2.57. The summed E-state index contributed by atoms with van der Waals surface area (Å²) < 4.78 is 0. The molecule has 0 atom stereocenters. The van der Waals surface area contributed by atoms with Crippen LogP contribution in [0.3, 0.4) is 0 Å². The van der Waals surface area contributed by atoms with Gasteiger partial charge in [0.15, 0.2) is 0 Å². The predicted octanol–water partition coefficient (Wildman–Crippen LogP) is 3.28. The lowest BCUT2D eigenvalue weighted by Crippen LogP contribution is -2.17. The number of nitrogens with zero attached hydrogens (tertiary/aromatic N) is 1. The van der Waals surface area contributed by atoms with E-state index in [1.165, 1.54) is 36.0 Å². The zero-order valence-corrected chi connectivity index (χ0v) is 10.7. The number of rotatable bonds is 3. The second kappa shape index (κ2) is 5.37. The van der Waals surface area contributed by atoms with Crippen molar-refractivity contribution in [1.82, 2.24) is 4.90 Å². The Balaban J connectivity index is 2.34. The smallest absolute Gasteiger partial charge is 0.116 e. The predicted molar refractivity (Wildman–Crippen MR) is 72.0 cm³/mol. The molecule has 1 aromatic rings. The number of aromatic hydroxyl groups is 1. The highest BCUT2D eigenvalue weighted by molar-refractivity contribution is 5.70. The standard InChI is InChI=1S/C15H21NO/c1-16(2)11-13-6-3-4-9-15(13)12-7-5-8-14(17)10-12/h5,7-8,10,17H,3-4,6,9,11H2,1-2H3. The van der Waals surface area contributed by atoms with Gasteiger partial charge in [-0.1, -0.05) is 17.7 Å². The van der Waals surface area contributed by atoms with Gasteiger partial charge in [-0.3, -0.25) is 0 Å². The summed E-state index contributed by atoms with van der Waals surface area (Å²) in [5.41, 5.74) is 4.18. The fraction of sp³-hybridized carbons (Fsp3) is 0.467. The SMILES string of the molecule is CN(C)CC1=C(c2cccc(O)c2)CCCC1. The minimum Gasteiger partial charge on any atom is -0.508 e. The first-order valence-electron chi connectivity index (χ1n) is 6.32. The highest BCUT2D eigenvalue weighted by Crippen LogP contribution is 2.33. The first-order valence-corrected chi connectivity index (χ1v) is 6.32. The Kier molecular flexibility index (Phi) is 3.85. The van der Waals surface area contributed by atoms with Crippen LogP contribution in [0, 0.1) is 0 Å². The highest BCUT2D eigenvalue weighted by atomic mass is 16.3. The molecule has 2 heteroatoms. The van der Waals surface area contributed by atoms with Gasteiger partial charge in [-0.15, -0.1) is 0 Å². The van der Waals surface area contributed by atoms with Gasteiger partial charge in [0.25, 0.3) is 0 Å². The molecule has 1 aliphatic carbocycles. The van der Waals surface area contributed by atoms with E-state index in [0.717, 1.165) is 13.0 Å². The number of phenolic OH excluding ortho intramolecular Hbond substituents is 1. The Hall–Kier alpha value is -1.28. The third kappa shape index (κ3) is 3.10. The van der Waals surface area contributed by atoms with Gasteiger partial charge in [-0.05, 0) is 63.0 Å². The van der Waals surface area contributed by atoms with Gasteiger partial charge < -0.3 is 10.0 Å². The lowest BCUT2D eigenvalue weighted by Gasteiger charge is -2.23. The minimum absolute atomic E-state index is 0.366. The van der Waals surface area contributed by atoms with E-state index in [1.807, 2.05) is 12.1 Å². The summed E-state index contributed by atoms with van der Waals surface area (Å²) in [6.45, 7) is 1.03. The molecule has 0 aromatic heterocycles. The summed E-state index contributed by atoms with van der Waals surface area (Å²) in [7, 11) is 4.23. The Morgan fingerprint density at radius 1 is 1.18 bits per heavy atom. The van der Waals surface area contributed by atoms with Gasteiger partial charge >= 0.3 is 0 Å². The van der Waals surface area contributed by atoms with Crippen molar-refractivity contribution in [3.8, 4) is 5.75 Å². The molecule has 1 aromatic carbocycles. The third-order valence-electron chi connectivity index (χ3n) is 3.28. The van der Waals surface area contributed by atoms with Crippen molar-refractivity contribution in [2.75, 3.05) is 20.6 Å². The zero-order valence-electron chi connectivity index (χ0n) is 10.7. The van der Waals surface area contributed by atoms with Gasteiger partial charge in [0.05, 0.1) is 0 Å². The van der Waals surface area contributed by atoms with Crippen LogP contribution < -0.4 is 0 Å². The highest BCUT2D eigenvalue weighted by Gasteiger charge is 2.15. The molecular formula is C15H21NO. The number of hydrogen-bond acceptors (Lipinski definition) is 2. The van der Waals surface area contributed by atoms with Gasteiger partial charge in [0, 0.05) is 6.54 Å². The number of allylic oxidation sites excluding steroid dienone is 1. The molecule has 17 heavy (non-hydrogen) atoms. The molecule has 2 rings (SSSR count). The van der Waals surface area contributed by atoms with Crippen LogP contribution in [0.5, 0.6) is 5.75 Å².